The highest BCUT2D eigenvalue weighted by Crippen LogP contribution is 2.19. The first-order valence-corrected chi connectivity index (χ1v) is 6.22. The van der Waals surface area contributed by atoms with Gasteiger partial charge in [0.15, 0.2) is 0 Å². The smallest absolute Gasteiger partial charge is 0.0444 e. The van der Waals surface area contributed by atoms with Gasteiger partial charge in [-0.2, -0.15) is 0 Å². The van der Waals surface area contributed by atoms with Gasteiger partial charge < -0.3 is 10.6 Å². The van der Waals surface area contributed by atoms with Crippen LogP contribution in [0.1, 0.15) is 18.5 Å². The summed E-state index contributed by atoms with van der Waals surface area (Å²) in [5, 5.41) is 9.35. The van der Waals surface area contributed by atoms with Gasteiger partial charge in [-0.15, -0.1) is 0 Å². The molecule has 0 aliphatic rings. The van der Waals surface area contributed by atoms with Crippen molar-refractivity contribution in [1.82, 2.24) is 10.6 Å². The minimum atomic E-state index is 0.375. The highest BCUT2D eigenvalue weighted by molar-refractivity contribution is 5.83. The van der Waals surface area contributed by atoms with Gasteiger partial charge in [-0.25, -0.2) is 0 Å². The van der Waals surface area contributed by atoms with E-state index in [4.69, 9.17) is 0 Å². The molecule has 0 radical (unpaired) electrons. The molecule has 0 aliphatic carbocycles. The van der Waals surface area contributed by atoms with Gasteiger partial charge in [0, 0.05) is 12.6 Å². The molecule has 0 amide bonds. The zero-order chi connectivity index (χ0) is 12.1. The van der Waals surface area contributed by atoms with Crippen LogP contribution in [0.2, 0.25) is 0 Å². The second-order valence-electron chi connectivity index (χ2n) is 4.26. The Bertz CT molecular complexity index is 479. The van der Waals surface area contributed by atoms with E-state index in [-0.39, 0.29) is 0 Å². The van der Waals surface area contributed by atoms with Gasteiger partial charge in [-0.3, -0.25) is 0 Å². The maximum atomic E-state index is 3.38. The summed E-state index contributed by atoms with van der Waals surface area (Å²) in [6.45, 7) is 4.10. The van der Waals surface area contributed by atoms with Crippen molar-refractivity contribution < 1.29 is 0 Å². The quantitative estimate of drug-likeness (QED) is 0.822. The molecule has 0 bridgehead atoms. The van der Waals surface area contributed by atoms with E-state index in [0.717, 1.165) is 13.1 Å². The van der Waals surface area contributed by atoms with Gasteiger partial charge in [0.05, 0.1) is 0 Å². The maximum absolute atomic E-state index is 3.38. The number of hydrogen-bond acceptors (Lipinski definition) is 2. The van der Waals surface area contributed by atoms with Crippen LogP contribution in [0, 0.1) is 0 Å². The highest BCUT2D eigenvalue weighted by Gasteiger charge is 2.08. The van der Waals surface area contributed by atoms with E-state index >= 15 is 0 Å². The fraction of sp³-hybridized carbons (Fsp3) is 0.333. The van der Waals surface area contributed by atoms with Crippen molar-refractivity contribution in [2.75, 3.05) is 20.1 Å². The van der Waals surface area contributed by atoms with Crippen LogP contribution in [0.4, 0.5) is 0 Å². The molecule has 2 aromatic rings. The number of benzene rings is 2. The first kappa shape index (κ1) is 12.1. The van der Waals surface area contributed by atoms with E-state index in [1.807, 2.05) is 7.05 Å². The van der Waals surface area contributed by atoms with E-state index in [9.17, 15) is 0 Å². The molecule has 2 heteroatoms. The van der Waals surface area contributed by atoms with Gasteiger partial charge >= 0.3 is 0 Å². The first-order chi connectivity index (χ1) is 8.35. The van der Waals surface area contributed by atoms with Crippen LogP contribution in [0.15, 0.2) is 42.5 Å². The highest BCUT2D eigenvalue weighted by atomic mass is 15.0. The molecule has 2 aromatic carbocycles. The molecule has 0 spiro atoms. The normalized spacial score (nSPS) is 12.8. The van der Waals surface area contributed by atoms with Crippen molar-refractivity contribution in [2.24, 2.45) is 0 Å². The molecular formula is C15H20N2. The number of fused-ring (bicyclic) bond motifs is 1. The molecule has 17 heavy (non-hydrogen) atoms. The van der Waals surface area contributed by atoms with Gasteiger partial charge in [0.1, 0.15) is 0 Å². The van der Waals surface area contributed by atoms with Crippen molar-refractivity contribution in [3.05, 3.63) is 48.0 Å². The summed E-state index contributed by atoms with van der Waals surface area (Å²) in [6.07, 6.45) is 0. The van der Waals surface area contributed by atoms with Crippen molar-refractivity contribution in [3.63, 3.8) is 0 Å². The molecule has 2 rings (SSSR count). The van der Waals surface area contributed by atoms with Crippen molar-refractivity contribution in [1.29, 1.82) is 0 Å². The van der Waals surface area contributed by atoms with Gasteiger partial charge in [-0.05, 0) is 36.0 Å². The summed E-state index contributed by atoms with van der Waals surface area (Å²) >= 11 is 0. The van der Waals surface area contributed by atoms with Crippen molar-refractivity contribution in [3.8, 4) is 0 Å². The Labute approximate surface area is 103 Å². The molecule has 2 N–H and O–H groups in total. The topological polar surface area (TPSA) is 24.1 Å². The molecular weight excluding hydrogens is 208 g/mol. The molecule has 0 saturated heterocycles. The molecule has 1 atom stereocenters. The fourth-order valence-corrected chi connectivity index (χ4v) is 2.10. The monoisotopic (exact) mass is 228 g/mol. The lowest BCUT2D eigenvalue weighted by molar-refractivity contribution is 0.539. The van der Waals surface area contributed by atoms with Crippen LogP contribution in [0.5, 0.6) is 0 Å². The standard InChI is InChI=1S/C15H20N2/c1-3-17-11-15(16-2)14-9-8-12-6-4-5-7-13(12)10-14/h4-10,15-17H,3,11H2,1-2H3. The Kier molecular flexibility index (Phi) is 4.13. The molecule has 0 aromatic heterocycles. The van der Waals surface area contributed by atoms with E-state index in [2.05, 4.69) is 60.0 Å². The Balaban J connectivity index is 2.27. The minimum absolute atomic E-state index is 0.375. The minimum Gasteiger partial charge on any atom is -0.315 e. The Morgan fingerprint density at radius 2 is 1.82 bits per heavy atom. The Morgan fingerprint density at radius 3 is 2.53 bits per heavy atom. The lowest BCUT2D eigenvalue weighted by atomic mass is 10.0. The number of nitrogens with one attached hydrogen (secondary N) is 2. The van der Waals surface area contributed by atoms with Gasteiger partial charge in [0.25, 0.3) is 0 Å². The van der Waals surface area contributed by atoms with E-state index in [0.29, 0.717) is 6.04 Å². The predicted molar refractivity (Wildman–Crippen MR) is 74.3 cm³/mol. The van der Waals surface area contributed by atoms with Gasteiger partial charge in [0.2, 0.25) is 0 Å². The number of likely N-dealkylation sites (N-methyl/N-ethyl adjacent to an activating group) is 2. The second-order valence-corrected chi connectivity index (χ2v) is 4.26. The SMILES string of the molecule is CCNCC(NC)c1ccc2ccccc2c1. The van der Waals surface area contributed by atoms with Crippen LogP contribution in [0.3, 0.4) is 0 Å². The molecule has 0 aliphatic heterocycles. The van der Waals surface area contributed by atoms with E-state index in [1.54, 1.807) is 0 Å². The van der Waals surface area contributed by atoms with Crippen molar-refractivity contribution >= 4 is 10.8 Å². The third-order valence-corrected chi connectivity index (χ3v) is 3.12. The third-order valence-electron chi connectivity index (χ3n) is 3.12. The maximum Gasteiger partial charge on any atom is 0.0444 e. The molecule has 2 nitrogen and oxygen atoms in total. The van der Waals surface area contributed by atoms with Crippen LogP contribution < -0.4 is 10.6 Å². The average molecular weight is 228 g/mol. The Hall–Kier alpha value is -1.38. The van der Waals surface area contributed by atoms with Gasteiger partial charge in [-0.1, -0.05) is 43.3 Å². The lowest BCUT2D eigenvalue weighted by Gasteiger charge is -2.17. The average Bonchev–Trinajstić information content (AvgIpc) is 2.39. The first-order valence-electron chi connectivity index (χ1n) is 6.22. The molecule has 0 heterocycles. The van der Waals surface area contributed by atoms with E-state index < -0.39 is 0 Å². The fourth-order valence-electron chi connectivity index (χ4n) is 2.10. The second kappa shape index (κ2) is 5.80. The molecule has 0 saturated carbocycles. The largest absolute Gasteiger partial charge is 0.315 e. The van der Waals surface area contributed by atoms with Crippen molar-refractivity contribution in [2.45, 2.75) is 13.0 Å². The van der Waals surface area contributed by atoms with E-state index in [1.165, 1.54) is 16.3 Å². The van der Waals surface area contributed by atoms with Crippen LogP contribution in [0.25, 0.3) is 10.8 Å². The summed E-state index contributed by atoms with van der Waals surface area (Å²) in [7, 11) is 2.01. The lowest BCUT2D eigenvalue weighted by Crippen LogP contribution is -2.29. The molecule has 1 unspecified atom stereocenters. The number of hydrogen-bond donors (Lipinski definition) is 2. The molecule has 90 valence electrons. The summed E-state index contributed by atoms with van der Waals surface area (Å²) in [5.74, 6) is 0. The summed E-state index contributed by atoms with van der Waals surface area (Å²) < 4.78 is 0. The third kappa shape index (κ3) is 2.84. The van der Waals surface area contributed by atoms with Crippen LogP contribution >= 0.6 is 0 Å². The zero-order valence-electron chi connectivity index (χ0n) is 10.5. The molecule has 0 fully saturated rings. The summed E-state index contributed by atoms with van der Waals surface area (Å²) in [4.78, 5) is 0. The Morgan fingerprint density at radius 1 is 1.06 bits per heavy atom. The predicted octanol–water partition coefficient (Wildman–Crippen LogP) is 2.71. The number of rotatable bonds is 5. The van der Waals surface area contributed by atoms with Crippen LogP contribution in [-0.2, 0) is 0 Å². The summed E-state index contributed by atoms with van der Waals surface area (Å²) in [5.41, 5.74) is 1.34. The summed E-state index contributed by atoms with van der Waals surface area (Å²) in [6, 6.07) is 15.5. The zero-order valence-corrected chi connectivity index (χ0v) is 10.5. The van der Waals surface area contributed by atoms with Crippen LogP contribution in [-0.4, -0.2) is 20.1 Å².